The van der Waals surface area contributed by atoms with Gasteiger partial charge in [0.25, 0.3) is 0 Å². The van der Waals surface area contributed by atoms with Gasteiger partial charge in [-0.1, -0.05) is 23.7 Å². The van der Waals surface area contributed by atoms with E-state index in [2.05, 4.69) is 15.2 Å². The van der Waals surface area contributed by atoms with E-state index in [9.17, 15) is 4.39 Å². The molecular weight excluding hydrogens is 332 g/mol. The van der Waals surface area contributed by atoms with Crippen LogP contribution >= 0.6 is 35.3 Å². The zero-order valence-corrected chi connectivity index (χ0v) is 13.6. The van der Waals surface area contributed by atoms with Gasteiger partial charge in [-0.15, -0.1) is 23.7 Å². The number of piperazine rings is 1. The van der Waals surface area contributed by atoms with Gasteiger partial charge in [0.15, 0.2) is 0 Å². The molecule has 0 radical (unpaired) electrons. The summed E-state index contributed by atoms with van der Waals surface area (Å²) in [5.41, 5.74) is 1.000. The van der Waals surface area contributed by atoms with Crippen molar-refractivity contribution in [2.45, 2.75) is 12.6 Å². The minimum Gasteiger partial charge on any atom is -0.314 e. The van der Waals surface area contributed by atoms with Gasteiger partial charge < -0.3 is 5.32 Å². The highest BCUT2D eigenvalue weighted by Gasteiger charge is 2.24. The summed E-state index contributed by atoms with van der Waals surface area (Å²) in [6, 6.07) is 6.99. The zero-order valence-electron chi connectivity index (χ0n) is 11.3. The van der Waals surface area contributed by atoms with Gasteiger partial charge in [0, 0.05) is 25.7 Å². The molecule has 1 aromatic carbocycles. The fourth-order valence-corrected chi connectivity index (χ4v) is 3.50. The van der Waals surface area contributed by atoms with Crippen molar-refractivity contribution in [3.8, 4) is 0 Å². The average molecular weight is 348 g/mol. The Kier molecular flexibility index (Phi) is 5.96. The molecule has 0 saturated carbocycles. The number of benzene rings is 1. The highest BCUT2D eigenvalue weighted by molar-refractivity contribution is 7.15. The van der Waals surface area contributed by atoms with E-state index in [1.165, 1.54) is 17.4 Å². The molecule has 1 aliphatic rings. The van der Waals surface area contributed by atoms with Crippen molar-refractivity contribution < 1.29 is 4.39 Å². The number of thiazole rings is 1. The van der Waals surface area contributed by atoms with Gasteiger partial charge in [0.2, 0.25) is 0 Å². The van der Waals surface area contributed by atoms with Crippen LogP contribution in [0.3, 0.4) is 0 Å². The second-order valence-electron chi connectivity index (χ2n) is 4.80. The molecule has 1 unspecified atom stereocenters. The van der Waals surface area contributed by atoms with E-state index in [1.54, 1.807) is 18.3 Å². The Bertz CT molecular complexity index is 593. The Balaban J connectivity index is 0.00000161. The van der Waals surface area contributed by atoms with E-state index in [1.807, 2.05) is 6.07 Å². The SMILES string of the molecule is Cl.Fc1cccc(C2CNCCN2Cc2ncc(Cl)s2)c1. The summed E-state index contributed by atoms with van der Waals surface area (Å²) in [5, 5.41) is 4.36. The first kappa shape index (κ1) is 16.6. The summed E-state index contributed by atoms with van der Waals surface area (Å²) in [6.45, 7) is 3.42. The summed E-state index contributed by atoms with van der Waals surface area (Å²) < 4.78 is 14.1. The number of rotatable bonds is 3. The smallest absolute Gasteiger partial charge is 0.123 e. The van der Waals surface area contributed by atoms with E-state index in [4.69, 9.17) is 11.6 Å². The predicted molar refractivity (Wildman–Crippen MR) is 86.8 cm³/mol. The van der Waals surface area contributed by atoms with E-state index < -0.39 is 0 Å². The molecule has 2 heterocycles. The Labute approximate surface area is 138 Å². The van der Waals surface area contributed by atoms with Crippen LogP contribution in [0.15, 0.2) is 30.5 Å². The lowest BCUT2D eigenvalue weighted by Gasteiger charge is -2.36. The molecule has 0 amide bonds. The number of nitrogens with zero attached hydrogens (tertiary/aromatic N) is 2. The standard InChI is InChI=1S/C14H15ClFN3S.ClH/c15-13-8-18-14(20-13)9-19-5-4-17-7-12(19)10-2-1-3-11(16)6-10;/h1-3,6,8,12,17H,4-5,7,9H2;1H. The molecule has 0 aliphatic carbocycles. The maximum Gasteiger partial charge on any atom is 0.123 e. The van der Waals surface area contributed by atoms with Gasteiger partial charge in [0.05, 0.1) is 12.7 Å². The lowest BCUT2D eigenvalue weighted by molar-refractivity contribution is 0.153. The Hall–Kier alpha value is -0.720. The molecule has 7 heteroatoms. The molecule has 3 rings (SSSR count). The third kappa shape index (κ3) is 4.14. The minimum absolute atomic E-state index is 0. The molecule has 1 aliphatic heterocycles. The first-order chi connectivity index (χ1) is 9.72. The van der Waals surface area contributed by atoms with Crippen molar-refractivity contribution in [3.05, 3.63) is 51.2 Å². The summed E-state index contributed by atoms with van der Waals surface area (Å²) in [4.78, 5) is 6.63. The summed E-state index contributed by atoms with van der Waals surface area (Å²) in [5.74, 6) is -0.190. The van der Waals surface area contributed by atoms with Crippen LogP contribution in [0.25, 0.3) is 0 Å². The van der Waals surface area contributed by atoms with Crippen LogP contribution in [-0.4, -0.2) is 29.5 Å². The molecule has 2 aromatic rings. The topological polar surface area (TPSA) is 28.2 Å². The fraction of sp³-hybridized carbons (Fsp3) is 0.357. The Morgan fingerprint density at radius 3 is 3.05 bits per heavy atom. The first-order valence-electron chi connectivity index (χ1n) is 6.53. The fourth-order valence-electron chi connectivity index (χ4n) is 2.51. The lowest BCUT2D eigenvalue weighted by Crippen LogP contribution is -2.45. The average Bonchev–Trinajstić information content (AvgIpc) is 2.85. The van der Waals surface area contributed by atoms with Gasteiger partial charge in [-0.3, -0.25) is 4.90 Å². The van der Waals surface area contributed by atoms with Crippen LogP contribution in [0.5, 0.6) is 0 Å². The van der Waals surface area contributed by atoms with E-state index in [0.29, 0.717) is 4.34 Å². The van der Waals surface area contributed by atoms with E-state index >= 15 is 0 Å². The maximum atomic E-state index is 13.4. The maximum absolute atomic E-state index is 13.4. The summed E-state index contributed by atoms with van der Waals surface area (Å²) in [6.07, 6.45) is 1.68. The number of aromatic nitrogens is 1. The molecule has 1 N–H and O–H groups in total. The third-order valence-electron chi connectivity index (χ3n) is 3.45. The van der Waals surface area contributed by atoms with Gasteiger partial charge in [-0.25, -0.2) is 9.37 Å². The summed E-state index contributed by atoms with van der Waals surface area (Å²) in [7, 11) is 0. The quantitative estimate of drug-likeness (QED) is 0.920. The van der Waals surface area contributed by atoms with Crippen LogP contribution in [0.2, 0.25) is 4.34 Å². The Morgan fingerprint density at radius 1 is 1.48 bits per heavy atom. The third-order valence-corrected chi connectivity index (χ3v) is 4.55. The second kappa shape index (κ2) is 7.51. The van der Waals surface area contributed by atoms with Gasteiger partial charge in [-0.2, -0.15) is 0 Å². The number of nitrogens with one attached hydrogen (secondary N) is 1. The highest BCUT2D eigenvalue weighted by atomic mass is 35.5. The lowest BCUT2D eigenvalue weighted by atomic mass is 10.0. The van der Waals surface area contributed by atoms with Gasteiger partial charge in [-0.05, 0) is 17.7 Å². The monoisotopic (exact) mass is 347 g/mol. The van der Waals surface area contributed by atoms with Crippen molar-refractivity contribution in [1.29, 1.82) is 0 Å². The molecule has 1 saturated heterocycles. The van der Waals surface area contributed by atoms with Crippen LogP contribution in [0, 0.1) is 5.82 Å². The van der Waals surface area contributed by atoms with Gasteiger partial charge in [0.1, 0.15) is 15.2 Å². The second-order valence-corrected chi connectivity index (χ2v) is 6.55. The van der Waals surface area contributed by atoms with Crippen LogP contribution < -0.4 is 5.32 Å². The molecule has 114 valence electrons. The predicted octanol–water partition coefficient (Wildman–Crippen LogP) is 3.50. The van der Waals surface area contributed by atoms with Gasteiger partial charge >= 0.3 is 0 Å². The largest absolute Gasteiger partial charge is 0.314 e. The zero-order chi connectivity index (χ0) is 13.9. The van der Waals surface area contributed by atoms with Crippen molar-refractivity contribution in [2.75, 3.05) is 19.6 Å². The minimum atomic E-state index is -0.190. The number of hydrogen-bond acceptors (Lipinski definition) is 4. The van der Waals surface area contributed by atoms with Crippen LogP contribution in [0.4, 0.5) is 4.39 Å². The highest BCUT2D eigenvalue weighted by Crippen LogP contribution is 2.27. The first-order valence-corrected chi connectivity index (χ1v) is 7.72. The van der Waals surface area contributed by atoms with Crippen molar-refractivity contribution in [2.24, 2.45) is 0 Å². The van der Waals surface area contributed by atoms with Crippen LogP contribution in [-0.2, 0) is 6.54 Å². The normalized spacial score (nSPS) is 19.2. The summed E-state index contributed by atoms with van der Waals surface area (Å²) >= 11 is 7.43. The van der Waals surface area contributed by atoms with E-state index in [-0.39, 0.29) is 24.3 Å². The Morgan fingerprint density at radius 2 is 2.33 bits per heavy atom. The molecule has 1 atom stereocenters. The van der Waals surface area contributed by atoms with Crippen molar-refractivity contribution >= 4 is 35.3 Å². The van der Waals surface area contributed by atoms with Crippen molar-refractivity contribution in [3.63, 3.8) is 0 Å². The van der Waals surface area contributed by atoms with Crippen LogP contribution in [0.1, 0.15) is 16.6 Å². The number of halogens is 3. The molecular formula is C14H16Cl2FN3S. The molecule has 0 bridgehead atoms. The number of hydrogen-bond donors (Lipinski definition) is 1. The molecule has 1 aromatic heterocycles. The van der Waals surface area contributed by atoms with Crippen molar-refractivity contribution in [1.82, 2.24) is 15.2 Å². The molecule has 1 fully saturated rings. The van der Waals surface area contributed by atoms with E-state index in [0.717, 1.165) is 36.8 Å². The molecule has 0 spiro atoms. The molecule has 3 nitrogen and oxygen atoms in total. The molecule has 21 heavy (non-hydrogen) atoms.